The topological polar surface area (TPSA) is 32.3 Å². The van der Waals surface area contributed by atoms with E-state index < -0.39 is 0 Å². The van der Waals surface area contributed by atoms with E-state index in [-0.39, 0.29) is 18.3 Å². The summed E-state index contributed by atoms with van der Waals surface area (Å²) in [5.74, 6) is 0.162. The molecule has 1 saturated heterocycles. The fourth-order valence-corrected chi connectivity index (χ4v) is 1.50. The van der Waals surface area contributed by atoms with Gasteiger partial charge in [0.05, 0.1) is 0 Å². The van der Waals surface area contributed by atoms with Crippen LogP contribution in [0, 0.1) is 0 Å². The Labute approximate surface area is 92.0 Å². The summed E-state index contributed by atoms with van der Waals surface area (Å²) < 4.78 is 0. The molecule has 0 aromatic rings. The van der Waals surface area contributed by atoms with Crippen LogP contribution in [0.25, 0.3) is 0 Å². The van der Waals surface area contributed by atoms with Crippen molar-refractivity contribution in [3.05, 3.63) is 12.2 Å². The lowest BCUT2D eigenvalue weighted by Gasteiger charge is -2.25. The van der Waals surface area contributed by atoms with Crippen LogP contribution in [0.15, 0.2) is 12.2 Å². The number of rotatable bonds is 3. The fourth-order valence-electron chi connectivity index (χ4n) is 1.50. The molecule has 0 aromatic heterocycles. The first-order valence-electron chi connectivity index (χ1n) is 4.94. The maximum atomic E-state index is 11.5. The first kappa shape index (κ1) is 13.5. The van der Waals surface area contributed by atoms with Gasteiger partial charge < -0.3 is 10.2 Å². The molecule has 3 nitrogen and oxygen atoms in total. The Morgan fingerprint density at radius 2 is 2.00 bits per heavy atom. The van der Waals surface area contributed by atoms with Crippen LogP contribution in [0.4, 0.5) is 0 Å². The Hall–Kier alpha value is -0.540. The molecule has 1 aliphatic rings. The predicted molar refractivity (Wildman–Crippen MR) is 60.7 cm³/mol. The van der Waals surface area contributed by atoms with Gasteiger partial charge >= 0.3 is 0 Å². The summed E-state index contributed by atoms with van der Waals surface area (Å²) in [5, 5.41) is 2.97. The number of likely N-dealkylation sites (N-methyl/N-ethyl adjacent to an activating group) is 1. The summed E-state index contributed by atoms with van der Waals surface area (Å²) in [6.07, 6.45) is 7.12. The Bertz CT molecular complexity index is 189. The second-order valence-electron chi connectivity index (χ2n) is 3.35. The highest BCUT2D eigenvalue weighted by Gasteiger charge is 2.13. The zero-order valence-corrected chi connectivity index (χ0v) is 9.48. The first-order chi connectivity index (χ1) is 6.34. The number of carbonyl (C=O) groups is 1. The monoisotopic (exact) mass is 218 g/mol. The van der Waals surface area contributed by atoms with Gasteiger partial charge in [0.15, 0.2) is 0 Å². The maximum Gasteiger partial charge on any atom is 0.246 e. The molecule has 0 radical (unpaired) electrons. The van der Waals surface area contributed by atoms with E-state index in [1.54, 1.807) is 6.08 Å². The van der Waals surface area contributed by atoms with E-state index in [2.05, 4.69) is 5.32 Å². The number of likely N-dealkylation sites (tertiary alicyclic amines) is 1. The zero-order chi connectivity index (χ0) is 9.52. The van der Waals surface area contributed by atoms with Crippen molar-refractivity contribution >= 4 is 18.3 Å². The molecule has 0 saturated carbocycles. The SMILES string of the molecule is CNC/C=C/C(=O)N1CCCCC1.Cl. The molecule has 0 atom stereocenters. The third-order valence-electron chi connectivity index (χ3n) is 2.25. The van der Waals surface area contributed by atoms with E-state index in [0.29, 0.717) is 0 Å². The normalized spacial score (nSPS) is 16.8. The van der Waals surface area contributed by atoms with Crippen molar-refractivity contribution in [1.29, 1.82) is 0 Å². The molecule has 1 fully saturated rings. The van der Waals surface area contributed by atoms with Crippen molar-refractivity contribution in [2.45, 2.75) is 19.3 Å². The number of hydrogen-bond acceptors (Lipinski definition) is 2. The Balaban J connectivity index is 0.00000169. The van der Waals surface area contributed by atoms with Gasteiger partial charge in [0.1, 0.15) is 0 Å². The smallest absolute Gasteiger partial charge is 0.246 e. The number of carbonyl (C=O) groups excluding carboxylic acids is 1. The van der Waals surface area contributed by atoms with E-state index in [1.807, 2.05) is 18.0 Å². The largest absolute Gasteiger partial charge is 0.339 e. The second kappa shape index (κ2) is 7.83. The molecule has 4 heteroatoms. The predicted octanol–water partition coefficient (Wildman–Crippen LogP) is 1.20. The van der Waals surface area contributed by atoms with E-state index in [4.69, 9.17) is 0 Å². The molecule has 1 heterocycles. The Kier molecular flexibility index (Phi) is 7.52. The molecule has 14 heavy (non-hydrogen) atoms. The third-order valence-corrected chi connectivity index (χ3v) is 2.25. The van der Waals surface area contributed by atoms with E-state index in [0.717, 1.165) is 32.5 Å². The lowest BCUT2D eigenvalue weighted by molar-refractivity contribution is -0.126. The van der Waals surface area contributed by atoms with Crippen molar-refractivity contribution in [2.75, 3.05) is 26.7 Å². The molecule has 1 rings (SSSR count). The lowest BCUT2D eigenvalue weighted by Crippen LogP contribution is -2.34. The van der Waals surface area contributed by atoms with Gasteiger partial charge in [0.25, 0.3) is 0 Å². The van der Waals surface area contributed by atoms with Crippen LogP contribution in [0.3, 0.4) is 0 Å². The van der Waals surface area contributed by atoms with Crippen LogP contribution in [0.5, 0.6) is 0 Å². The molecule has 82 valence electrons. The van der Waals surface area contributed by atoms with Gasteiger partial charge in [-0.1, -0.05) is 6.08 Å². The molecule has 0 aromatic carbocycles. The van der Waals surface area contributed by atoms with Gasteiger partial charge in [-0.05, 0) is 26.3 Å². The number of nitrogens with one attached hydrogen (secondary N) is 1. The molecule has 0 aliphatic carbocycles. The average molecular weight is 219 g/mol. The number of piperidine rings is 1. The minimum Gasteiger partial charge on any atom is -0.339 e. The molecule has 0 spiro atoms. The van der Waals surface area contributed by atoms with Crippen molar-refractivity contribution in [3.8, 4) is 0 Å². The number of halogens is 1. The highest BCUT2D eigenvalue weighted by Crippen LogP contribution is 2.08. The molecule has 1 amide bonds. The van der Waals surface area contributed by atoms with Gasteiger partial charge in [0, 0.05) is 25.7 Å². The molecule has 1 N–H and O–H groups in total. The van der Waals surface area contributed by atoms with Gasteiger partial charge in [0.2, 0.25) is 5.91 Å². The number of amides is 1. The number of hydrogen-bond donors (Lipinski definition) is 1. The number of nitrogens with zero attached hydrogens (tertiary/aromatic N) is 1. The van der Waals surface area contributed by atoms with E-state index in [1.165, 1.54) is 6.42 Å². The van der Waals surface area contributed by atoms with E-state index in [9.17, 15) is 4.79 Å². The maximum absolute atomic E-state index is 11.5. The molecule has 0 bridgehead atoms. The van der Waals surface area contributed by atoms with Crippen LogP contribution < -0.4 is 5.32 Å². The lowest BCUT2D eigenvalue weighted by atomic mass is 10.1. The Morgan fingerprint density at radius 1 is 1.36 bits per heavy atom. The average Bonchev–Trinajstić information content (AvgIpc) is 2.19. The summed E-state index contributed by atoms with van der Waals surface area (Å²) in [4.78, 5) is 13.4. The van der Waals surface area contributed by atoms with Crippen molar-refractivity contribution < 1.29 is 4.79 Å². The zero-order valence-electron chi connectivity index (χ0n) is 8.66. The van der Waals surface area contributed by atoms with Gasteiger partial charge in [-0.3, -0.25) is 4.79 Å². The summed E-state index contributed by atoms with van der Waals surface area (Å²) in [6, 6.07) is 0. The second-order valence-corrected chi connectivity index (χ2v) is 3.35. The highest BCUT2D eigenvalue weighted by molar-refractivity contribution is 5.87. The molecule has 0 unspecified atom stereocenters. The summed E-state index contributed by atoms with van der Waals surface area (Å²) in [6.45, 7) is 2.63. The van der Waals surface area contributed by atoms with Crippen LogP contribution in [0.1, 0.15) is 19.3 Å². The van der Waals surface area contributed by atoms with Crippen molar-refractivity contribution in [1.82, 2.24) is 10.2 Å². The van der Waals surface area contributed by atoms with Crippen LogP contribution >= 0.6 is 12.4 Å². The molecular formula is C10H19ClN2O. The van der Waals surface area contributed by atoms with Crippen molar-refractivity contribution in [3.63, 3.8) is 0 Å². The quantitative estimate of drug-likeness (QED) is 0.722. The first-order valence-corrected chi connectivity index (χ1v) is 4.94. The minimum atomic E-state index is 0. The van der Waals surface area contributed by atoms with Crippen molar-refractivity contribution in [2.24, 2.45) is 0 Å². The summed E-state index contributed by atoms with van der Waals surface area (Å²) in [5.41, 5.74) is 0. The van der Waals surface area contributed by atoms with Crippen LogP contribution in [-0.2, 0) is 4.79 Å². The highest BCUT2D eigenvalue weighted by atomic mass is 35.5. The summed E-state index contributed by atoms with van der Waals surface area (Å²) in [7, 11) is 1.87. The van der Waals surface area contributed by atoms with E-state index >= 15 is 0 Å². The van der Waals surface area contributed by atoms with Crippen LogP contribution in [0.2, 0.25) is 0 Å². The third kappa shape index (κ3) is 4.63. The Morgan fingerprint density at radius 3 is 2.57 bits per heavy atom. The fraction of sp³-hybridized carbons (Fsp3) is 0.700. The molecular weight excluding hydrogens is 200 g/mol. The minimum absolute atomic E-state index is 0. The molecule has 1 aliphatic heterocycles. The van der Waals surface area contributed by atoms with Crippen LogP contribution in [-0.4, -0.2) is 37.5 Å². The standard InChI is InChI=1S/C10H18N2O.ClH/c1-11-7-5-6-10(13)12-8-3-2-4-9-12;/h5-6,11H,2-4,7-9H2,1H3;1H/b6-5+;. The van der Waals surface area contributed by atoms with Gasteiger partial charge in [-0.2, -0.15) is 0 Å². The van der Waals surface area contributed by atoms with Gasteiger partial charge in [-0.15, -0.1) is 12.4 Å². The van der Waals surface area contributed by atoms with Gasteiger partial charge in [-0.25, -0.2) is 0 Å². The summed E-state index contributed by atoms with van der Waals surface area (Å²) >= 11 is 0.